The summed E-state index contributed by atoms with van der Waals surface area (Å²) >= 11 is 0. The predicted octanol–water partition coefficient (Wildman–Crippen LogP) is 1.77. The van der Waals surface area contributed by atoms with Gasteiger partial charge in [0.2, 0.25) is 0 Å². The summed E-state index contributed by atoms with van der Waals surface area (Å²) in [5, 5.41) is 3.36. The van der Waals surface area contributed by atoms with E-state index < -0.39 is 0 Å². The van der Waals surface area contributed by atoms with Crippen LogP contribution in [-0.2, 0) is 4.74 Å². The van der Waals surface area contributed by atoms with E-state index in [-0.39, 0.29) is 5.54 Å². The highest BCUT2D eigenvalue weighted by Crippen LogP contribution is 2.27. The Kier molecular flexibility index (Phi) is 3.76. The van der Waals surface area contributed by atoms with Gasteiger partial charge in [0.1, 0.15) is 0 Å². The van der Waals surface area contributed by atoms with Crippen molar-refractivity contribution in [1.82, 2.24) is 5.32 Å². The maximum Gasteiger partial charge on any atom is 0.0857 e. The SMILES string of the molecule is C=NC1(COC2CCCC2)CCNCC1. The van der Waals surface area contributed by atoms with Crippen LogP contribution in [-0.4, -0.2) is 38.1 Å². The first-order valence-corrected chi connectivity index (χ1v) is 6.15. The number of ether oxygens (including phenoxy) is 1. The number of nitrogens with zero attached hydrogens (tertiary/aromatic N) is 1. The van der Waals surface area contributed by atoms with E-state index in [1.807, 2.05) is 0 Å². The van der Waals surface area contributed by atoms with E-state index in [9.17, 15) is 0 Å². The minimum atomic E-state index is 0.00778. The van der Waals surface area contributed by atoms with Gasteiger partial charge in [0.25, 0.3) is 0 Å². The van der Waals surface area contributed by atoms with Crippen molar-refractivity contribution in [2.24, 2.45) is 4.99 Å². The molecule has 1 N–H and O–H groups in total. The quantitative estimate of drug-likeness (QED) is 0.717. The molecule has 0 spiro atoms. The van der Waals surface area contributed by atoms with Gasteiger partial charge in [-0.15, -0.1) is 0 Å². The molecule has 0 bridgehead atoms. The van der Waals surface area contributed by atoms with E-state index >= 15 is 0 Å². The summed E-state index contributed by atoms with van der Waals surface area (Å²) < 4.78 is 5.98. The molecule has 0 radical (unpaired) electrons. The summed E-state index contributed by atoms with van der Waals surface area (Å²) in [5.74, 6) is 0. The Hall–Kier alpha value is -0.410. The van der Waals surface area contributed by atoms with Gasteiger partial charge in [-0.05, 0) is 45.5 Å². The number of piperidine rings is 1. The first kappa shape index (κ1) is 11.1. The van der Waals surface area contributed by atoms with Gasteiger partial charge >= 0.3 is 0 Å². The van der Waals surface area contributed by atoms with Gasteiger partial charge in [0, 0.05) is 0 Å². The van der Waals surface area contributed by atoms with E-state index in [0.717, 1.165) is 32.5 Å². The molecule has 0 aromatic heterocycles. The topological polar surface area (TPSA) is 33.6 Å². The second kappa shape index (κ2) is 5.08. The Morgan fingerprint density at radius 2 is 1.93 bits per heavy atom. The molecule has 3 nitrogen and oxygen atoms in total. The standard InChI is InChI=1S/C12H22N2O/c1-13-12(6-8-14-9-7-12)10-15-11-4-2-3-5-11/h11,14H,1-10H2. The van der Waals surface area contributed by atoms with Crippen LogP contribution in [0.1, 0.15) is 38.5 Å². The number of hydrogen-bond acceptors (Lipinski definition) is 3. The molecule has 1 heterocycles. The lowest BCUT2D eigenvalue weighted by Gasteiger charge is -2.34. The van der Waals surface area contributed by atoms with Gasteiger partial charge in [-0.3, -0.25) is 4.99 Å². The molecule has 0 aromatic rings. The summed E-state index contributed by atoms with van der Waals surface area (Å²) in [6, 6.07) is 0. The number of nitrogens with one attached hydrogen (secondary N) is 1. The highest BCUT2D eigenvalue weighted by atomic mass is 16.5. The fraction of sp³-hybridized carbons (Fsp3) is 0.917. The predicted molar refractivity (Wildman–Crippen MR) is 62.6 cm³/mol. The van der Waals surface area contributed by atoms with Crippen LogP contribution in [0, 0.1) is 0 Å². The normalized spacial score (nSPS) is 26.7. The van der Waals surface area contributed by atoms with Crippen LogP contribution in [0.3, 0.4) is 0 Å². The Morgan fingerprint density at radius 3 is 2.53 bits per heavy atom. The van der Waals surface area contributed by atoms with Crippen LogP contribution < -0.4 is 5.32 Å². The highest BCUT2D eigenvalue weighted by molar-refractivity contribution is 5.26. The summed E-state index contributed by atoms with van der Waals surface area (Å²) in [7, 11) is 0. The third-order valence-electron chi connectivity index (χ3n) is 3.76. The maximum absolute atomic E-state index is 5.98. The highest BCUT2D eigenvalue weighted by Gasteiger charge is 2.32. The summed E-state index contributed by atoms with van der Waals surface area (Å²) in [5.41, 5.74) is 0.00778. The summed E-state index contributed by atoms with van der Waals surface area (Å²) in [6.45, 7) is 6.62. The molecule has 0 aromatic carbocycles. The van der Waals surface area contributed by atoms with E-state index in [2.05, 4.69) is 17.0 Å². The summed E-state index contributed by atoms with van der Waals surface area (Å²) in [6.07, 6.45) is 7.80. The summed E-state index contributed by atoms with van der Waals surface area (Å²) in [4.78, 5) is 4.32. The van der Waals surface area contributed by atoms with Crippen molar-refractivity contribution in [2.75, 3.05) is 19.7 Å². The maximum atomic E-state index is 5.98. The van der Waals surface area contributed by atoms with Crippen molar-refractivity contribution >= 4 is 6.72 Å². The number of hydrogen-bond donors (Lipinski definition) is 1. The largest absolute Gasteiger partial charge is 0.376 e. The molecular weight excluding hydrogens is 188 g/mol. The third kappa shape index (κ3) is 2.79. The molecule has 0 unspecified atom stereocenters. The van der Waals surface area contributed by atoms with Crippen molar-refractivity contribution in [2.45, 2.75) is 50.2 Å². The first-order valence-electron chi connectivity index (χ1n) is 6.15. The molecule has 2 aliphatic rings. The molecule has 1 saturated heterocycles. The van der Waals surface area contributed by atoms with E-state index in [1.54, 1.807) is 0 Å². The van der Waals surface area contributed by atoms with Gasteiger partial charge in [-0.25, -0.2) is 0 Å². The zero-order valence-corrected chi connectivity index (χ0v) is 9.50. The molecule has 2 fully saturated rings. The minimum Gasteiger partial charge on any atom is -0.376 e. The van der Waals surface area contributed by atoms with Gasteiger partial charge in [0.15, 0.2) is 0 Å². The average molecular weight is 210 g/mol. The molecule has 86 valence electrons. The lowest BCUT2D eigenvalue weighted by molar-refractivity contribution is 0.0163. The smallest absolute Gasteiger partial charge is 0.0857 e. The molecule has 1 aliphatic carbocycles. The van der Waals surface area contributed by atoms with Crippen molar-refractivity contribution in [3.63, 3.8) is 0 Å². The van der Waals surface area contributed by atoms with Gasteiger partial charge in [-0.1, -0.05) is 12.8 Å². The molecule has 1 saturated carbocycles. The van der Waals surface area contributed by atoms with E-state index in [4.69, 9.17) is 4.74 Å². The number of aliphatic imine (C=N–C) groups is 1. The van der Waals surface area contributed by atoms with Crippen LogP contribution in [0.4, 0.5) is 0 Å². The molecule has 0 atom stereocenters. The van der Waals surface area contributed by atoms with Crippen molar-refractivity contribution in [3.8, 4) is 0 Å². The van der Waals surface area contributed by atoms with Crippen LogP contribution >= 0.6 is 0 Å². The lowest BCUT2D eigenvalue weighted by atomic mass is 9.90. The van der Waals surface area contributed by atoms with E-state index in [0.29, 0.717) is 6.10 Å². The Balaban J connectivity index is 1.81. The molecule has 0 amide bonds. The Morgan fingerprint density at radius 1 is 1.27 bits per heavy atom. The van der Waals surface area contributed by atoms with Crippen LogP contribution in [0.5, 0.6) is 0 Å². The fourth-order valence-electron chi connectivity index (χ4n) is 2.57. The number of rotatable bonds is 4. The second-order valence-electron chi connectivity index (χ2n) is 4.85. The molecule has 1 aliphatic heterocycles. The van der Waals surface area contributed by atoms with E-state index in [1.165, 1.54) is 25.7 Å². The third-order valence-corrected chi connectivity index (χ3v) is 3.76. The van der Waals surface area contributed by atoms with Gasteiger partial charge < -0.3 is 10.1 Å². The van der Waals surface area contributed by atoms with Crippen LogP contribution in [0.2, 0.25) is 0 Å². The Labute approximate surface area is 92.3 Å². The average Bonchev–Trinajstić information content (AvgIpc) is 2.81. The van der Waals surface area contributed by atoms with Crippen molar-refractivity contribution in [3.05, 3.63) is 0 Å². The first-order chi connectivity index (χ1) is 7.35. The molecule has 2 rings (SSSR count). The van der Waals surface area contributed by atoms with Gasteiger partial charge in [0.05, 0.1) is 18.2 Å². The van der Waals surface area contributed by atoms with Crippen molar-refractivity contribution < 1.29 is 4.74 Å². The molecular formula is C12H22N2O. The zero-order valence-electron chi connectivity index (χ0n) is 9.50. The monoisotopic (exact) mass is 210 g/mol. The van der Waals surface area contributed by atoms with Crippen LogP contribution in [0.25, 0.3) is 0 Å². The van der Waals surface area contributed by atoms with Crippen molar-refractivity contribution in [1.29, 1.82) is 0 Å². The Bertz CT molecular complexity index is 206. The second-order valence-corrected chi connectivity index (χ2v) is 4.85. The lowest BCUT2D eigenvalue weighted by Crippen LogP contribution is -2.44. The van der Waals surface area contributed by atoms with Gasteiger partial charge in [-0.2, -0.15) is 0 Å². The fourth-order valence-corrected chi connectivity index (χ4v) is 2.57. The van der Waals surface area contributed by atoms with Crippen LogP contribution in [0.15, 0.2) is 4.99 Å². The zero-order chi connectivity index (χ0) is 10.6. The molecule has 15 heavy (non-hydrogen) atoms. The minimum absolute atomic E-state index is 0.00778. The molecule has 3 heteroatoms.